The summed E-state index contributed by atoms with van der Waals surface area (Å²) in [5.74, 6) is -4.86. The molecular weight excluding hydrogens is 282 g/mol. The second-order valence-corrected chi connectivity index (χ2v) is 4.38. The molecule has 0 spiro atoms. The maximum absolute atomic E-state index is 11.1. The molecule has 0 fully saturated rings. The maximum Gasteiger partial charge on any atom is 0.338 e. The molecule has 2 rings (SSSR count). The van der Waals surface area contributed by atoms with Crippen LogP contribution in [0.25, 0.3) is 11.0 Å². The molecule has 1 aromatic carbocycles. The molecule has 0 amide bonds. The number of carboxylic acid groups (broad SMARTS) is 3. The molecule has 2 aromatic rings. The first kappa shape index (κ1) is 14.4. The van der Waals surface area contributed by atoms with Gasteiger partial charge in [-0.1, -0.05) is 11.3 Å². The number of fused-ring (bicyclic) bond motifs is 1. The zero-order chi connectivity index (χ0) is 15.6. The van der Waals surface area contributed by atoms with Gasteiger partial charge in [0.1, 0.15) is 5.52 Å². The van der Waals surface area contributed by atoms with Crippen molar-refractivity contribution in [2.75, 3.05) is 0 Å². The number of aromatic nitrogens is 3. The fourth-order valence-electron chi connectivity index (χ4n) is 1.95. The van der Waals surface area contributed by atoms with Gasteiger partial charge in [-0.05, 0) is 12.1 Å². The van der Waals surface area contributed by atoms with Crippen molar-refractivity contribution < 1.29 is 29.7 Å². The van der Waals surface area contributed by atoms with Crippen LogP contribution in [0.5, 0.6) is 0 Å². The number of benzene rings is 1. The number of aliphatic carboxylic acids is 2. The van der Waals surface area contributed by atoms with Crippen molar-refractivity contribution in [2.24, 2.45) is 5.92 Å². The summed E-state index contributed by atoms with van der Waals surface area (Å²) in [6.07, 6.45) is -0.560. The molecule has 1 heterocycles. The van der Waals surface area contributed by atoms with E-state index in [0.29, 0.717) is 5.52 Å². The average Bonchev–Trinajstić information content (AvgIpc) is 2.80. The van der Waals surface area contributed by atoms with E-state index in [1.54, 1.807) is 6.07 Å². The highest BCUT2D eigenvalue weighted by atomic mass is 16.4. The molecule has 0 aliphatic rings. The van der Waals surface area contributed by atoms with Gasteiger partial charge in [-0.2, -0.15) is 0 Å². The molecule has 110 valence electrons. The van der Waals surface area contributed by atoms with Crippen LogP contribution in [0, 0.1) is 5.92 Å². The molecule has 21 heavy (non-hydrogen) atoms. The van der Waals surface area contributed by atoms with Crippen LogP contribution in [0.2, 0.25) is 0 Å². The van der Waals surface area contributed by atoms with Gasteiger partial charge in [0.05, 0.1) is 30.0 Å². The lowest BCUT2D eigenvalue weighted by Crippen LogP contribution is -2.23. The molecule has 0 saturated heterocycles. The van der Waals surface area contributed by atoms with Crippen molar-refractivity contribution in [1.29, 1.82) is 0 Å². The van der Waals surface area contributed by atoms with Gasteiger partial charge in [0, 0.05) is 0 Å². The van der Waals surface area contributed by atoms with Crippen molar-refractivity contribution in [1.82, 2.24) is 15.0 Å². The first-order valence-corrected chi connectivity index (χ1v) is 5.90. The molecule has 0 aliphatic carbocycles. The van der Waals surface area contributed by atoms with E-state index >= 15 is 0 Å². The predicted octanol–water partition coefficient (Wildman–Crippen LogP) is 0.305. The highest BCUT2D eigenvalue weighted by Crippen LogP contribution is 2.18. The Morgan fingerprint density at radius 2 is 1.90 bits per heavy atom. The van der Waals surface area contributed by atoms with Gasteiger partial charge in [0.25, 0.3) is 0 Å². The first-order chi connectivity index (χ1) is 9.90. The van der Waals surface area contributed by atoms with Crippen molar-refractivity contribution in [3.05, 3.63) is 23.8 Å². The molecule has 9 nitrogen and oxygen atoms in total. The van der Waals surface area contributed by atoms with Crippen LogP contribution < -0.4 is 0 Å². The van der Waals surface area contributed by atoms with Crippen LogP contribution in [-0.4, -0.2) is 48.2 Å². The number of aromatic carboxylic acids is 1. The minimum atomic E-state index is -1.27. The summed E-state index contributed by atoms with van der Waals surface area (Å²) < 4.78 is 1.20. The van der Waals surface area contributed by atoms with Gasteiger partial charge < -0.3 is 15.3 Å². The molecule has 3 N–H and O–H groups in total. The molecule has 1 atom stereocenters. The number of hydrogen-bond acceptors (Lipinski definition) is 5. The second-order valence-electron chi connectivity index (χ2n) is 4.38. The van der Waals surface area contributed by atoms with E-state index in [-0.39, 0.29) is 17.6 Å². The highest BCUT2D eigenvalue weighted by molar-refractivity contribution is 6.00. The monoisotopic (exact) mass is 293 g/mol. The van der Waals surface area contributed by atoms with Crippen LogP contribution in [0.4, 0.5) is 0 Å². The lowest BCUT2D eigenvalue weighted by atomic mass is 10.1. The topological polar surface area (TPSA) is 143 Å². The van der Waals surface area contributed by atoms with Gasteiger partial charge in [-0.3, -0.25) is 9.59 Å². The second kappa shape index (κ2) is 5.57. The van der Waals surface area contributed by atoms with E-state index in [4.69, 9.17) is 15.3 Å². The van der Waals surface area contributed by atoms with E-state index in [9.17, 15) is 14.4 Å². The third-order valence-corrected chi connectivity index (χ3v) is 2.94. The van der Waals surface area contributed by atoms with Crippen LogP contribution in [0.15, 0.2) is 18.2 Å². The van der Waals surface area contributed by atoms with E-state index in [2.05, 4.69) is 10.3 Å². The minimum Gasteiger partial charge on any atom is -0.481 e. The van der Waals surface area contributed by atoms with Gasteiger partial charge in [-0.15, -0.1) is 5.10 Å². The molecule has 0 radical (unpaired) electrons. The smallest absolute Gasteiger partial charge is 0.338 e. The summed E-state index contributed by atoms with van der Waals surface area (Å²) in [5, 5.41) is 34.2. The Hall–Kier alpha value is -2.97. The number of carboxylic acids is 3. The van der Waals surface area contributed by atoms with Crippen LogP contribution in [0.3, 0.4) is 0 Å². The summed E-state index contributed by atoms with van der Waals surface area (Å²) in [6, 6.07) is 4.38. The SMILES string of the molecule is O=C(O)CC(Cn1nnc2c(C(=O)O)cccc21)C(=O)O. The summed E-state index contributed by atoms with van der Waals surface area (Å²) in [4.78, 5) is 32.8. The number of carbonyl (C=O) groups is 3. The van der Waals surface area contributed by atoms with E-state index in [1.807, 2.05) is 0 Å². The fourth-order valence-corrected chi connectivity index (χ4v) is 1.95. The summed E-state index contributed by atoms with van der Waals surface area (Å²) in [6.45, 7) is -0.207. The van der Waals surface area contributed by atoms with Crippen molar-refractivity contribution in [3.8, 4) is 0 Å². The lowest BCUT2D eigenvalue weighted by Gasteiger charge is -2.10. The van der Waals surface area contributed by atoms with Crippen molar-refractivity contribution in [3.63, 3.8) is 0 Å². The fraction of sp³-hybridized carbons (Fsp3) is 0.250. The minimum absolute atomic E-state index is 0.0520. The quantitative estimate of drug-likeness (QED) is 0.690. The molecule has 0 saturated carbocycles. The molecule has 0 aliphatic heterocycles. The van der Waals surface area contributed by atoms with Crippen LogP contribution >= 0.6 is 0 Å². The van der Waals surface area contributed by atoms with Gasteiger partial charge in [0.2, 0.25) is 0 Å². The number of hydrogen-bond donors (Lipinski definition) is 3. The zero-order valence-electron chi connectivity index (χ0n) is 10.6. The molecule has 9 heteroatoms. The Kier molecular flexibility index (Phi) is 3.83. The zero-order valence-corrected chi connectivity index (χ0v) is 10.6. The third kappa shape index (κ3) is 2.96. The maximum atomic E-state index is 11.1. The predicted molar refractivity (Wildman–Crippen MR) is 67.9 cm³/mol. The number of nitrogens with zero attached hydrogens (tertiary/aromatic N) is 3. The Bertz CT molecular complexity index is 723. The van der Waals surface area contributed by atoms with Crippen molar-refractivity contribution >= 4 is 28.9 Å². The molecule has 1 unspecified atom stereocenters. The summed E-state index contributed by atoms with van der Waals surface area (Å²) >= 11 is 0. The van der Waals surface area contributed by atoms with Gasteiger partial charge >= 0.3 is 17.9 Å². The summed E-state index contributed by atoms with van der Waals surface area (Å²) in [5.41, 5.74) is 0.417. The normalized spacial score (nSPS) is 12.2. The lowest BCUT2D eigenvalue weighted by molar-refractivity contribution is -0.148. The Morgan fingerprint density at radius 3 is 2.48 bits per heavy atom. The third-order valence-electron chi connectivity index (χ3n) is 2.94. The van der Waals surface area contributed by atoms with Gasteiger partial charge in [-0.25, -0.2) is 9.48 Å². The Morgan fingerprint density at radius 1 is 1.19 bits per heavy atom. The van der Waals surface area contributed by atoms with Crippen molar-refractivity contribution in [2.45, 2.75) is 13.0 Å². The standard InChI is InChI=1S/C12H11N3O6/c16-9(17)4-6(11(18)19)5-15-8-3-1-2-7(12(20)21)10(8)13-14-15/h1-3,6H,4-5H2,(H,16,17)(H,18,19)(H,20,21). The molecule has 0 bridgehead atoms. The van der Waals surface area contributed by atoms with E-state index in [1.165, 1.54) is 16.8 Å². The highest BCUT2D eigenvalue weighted by Gasteiger charge is 2.23. The Balaban J connectivity index is 2.39. The number of rotatable bonds is 6. The first-order valence-electron chi connectivity index (χ1n) is 5.90. The van der Waals surface area contributed by atoms with Crippen LogP contribution in [-0.2, 0) is 16.1 Å². The van der Waals surface area contributed by atoms with E-state index in [0.717, 1.165) is 0 Å². The largest absolute Gasteiger partial charge is 0.481 e. The molecule has 1 aromatic heterocycles. The molecular formula is C12H11N3O6. The van der Waals surface area contributed by atoms with Crippen LogP contribution in [0.1, 0.15) is 16.8 Å². The van der Waals surface area contributed by atoms with Gasteiger partial charge in [0.15, 0.2) is 0 Å². The summed E-state index contributed by atoms with van der Waals surface area (Å²) in [7, 11) is 0. The Labute approximate surface area is 117 Å². The van der Waals surface area contributed by atoms with E-state index < -0.39 is 30.2 Å². The average molecular weight is 293 g/mol.